The smallest absolute Gasteiger partial charge is 0.0372 e. The van der Waals surface area contributed by atoms with Crippen molar-refractivity contribution in [1.82, 2.24) is 5.32 Å². The average molecular weight is 232 g/mol. The molecule has 1 aliphatic carbocycles. The van der Waals surface area contributed by atoms with Crippen molar-refractivity contribution in [3.8, 4) is 0 Å². The summed E-state index contributed by atoms with van der Waals surface area (Å²) in [6.07, 6.45) is 4.09. The molecular formula is C15H24N2. The Kier molecular flexibility index (Phi) is 3.72. The highest BCUT2D eigenvalue weighted by atomic mass is 14.9. The Balaban J connectivity index is 1.99. The number of anilines is 1. The predicted molar refractivity (Wildman–Crippen MR) is 74.6 cm³/mol. The summed E-state index contributed by atoms with van der Waals surface area (Å²) in [6.45, 7) is 6.60. The van der Waals surface area contributed by atoms with E-state index in [1.807, 2.05) is 0 Å². The summed E-state index contributed by atoms with van der Waals surface area (Å²) in [7, 11) is 2.05. The highest BCUT2D eigenvalue weighted by molar-refractivity contribution is 5.53. The van der Waals surface area contributed by atoms with Gasteiger partial charge in [0, 0.05) is 24.2 Å². The van der Waals surface area contributed by atoms with Crippen LogP contribution < -0.4 is 10.6 Å². The quantitative estimate of drug-likeness (QED) is 0.815. The van der Waals surface area contributed by atoms with E-state index in [0.29, 0.717) is 5.41 Å². The van der Waals surface area contributed by atoms with Crippen LogP contribution in [-0.2, 0) is 0 Å². The fourth-order valence-corrected chi connectivity index (χ4v) is 2.69. The van der Waals surface area contributed by atoms with Gasteiger partial charge in [-0.2, -0.15) is 0 Å². The van der Waals surface area contributed by atoms with Crippen LogP contribution in [0.1, 0.15) is 30.4 Å². The molecule has 0 radical (unpaired) electrons. The van der Waals surface area contributed by atoms with E-state index >= 15 is 0 Å². The van der Waals surface area contributed by atoms with Crippen molar-refractivity contribution in [2.75, 3.05) is 25.5 Å². The molecule has 1 aromatic rings. The molecule has 0 bridgehead atoms. The van der Waals surface area contributed by atoms with Gasteiger partial charge in [0.25, 0.3) is 0 Å². The van der Waals surface area contributed by atoms with E-state index in [1.165, 1.54) is 36.1 Å². The van der Waals surface area contributed by atoms with Crippen LogP contribution in [0.25, 0.3) is 0 Å². The highest BCUT2D eigenvalue weighted by Gasteiger charge is 2.35. The lowest BCUT2D eigenvalue weighted by Crippen LogP contribution is -2.44. The maximum absolute atomic E-state index is 3.64. The number of hydrogen-bond donors (Lipinski definition) is 2. The van der Waals surface area contributed by atoms with E-state index < -0.39 is 0 Å². The maximum Gasteiger partial charge on any atom is 0.0372 e. The predicted octanol–water partition coefficient (Wildman–Crippen LogP) is 3.11. The molecular weight excluding hydrogens is 208 g/mol. The summed E-state index contributed by atoms with van der Waals surface area (Å²) < 4.78 is 0. The first-order valence-electron chi connectivity index (χ1n) is 6.62. The SMILES string of the molecule is CNCC1(CNc2cccc(C)c2C)CCC1. The minimum atomic E-state index is 0.491. The van der Waals surface area contributed by atoms with Crippen LogP contribution in [0.2, 0.25) is 0 Å². The number of hydrogen-bond acceptors (Lipinski definition) is 2. The standard InChI is InChI=1S/C15H24N2/c1-12-6-4-7-14(13(12)2)17-11-15(10-16-3)8-5-9-15/h4,6-7,16-17H,5,8-11H2,1-3H3. The molecule has 0 amide bonds. The minimum Gasteiger partial charge on any atom is -0.384 e. The zero-order valence-corrected chi connectivity index (χ0v) is 11.3. The first-order chi connectivity index (χ1) is 8.17. The minimum absolute atomic E-state index is 0.491. The Bertz CT molecular complexity index is 381. The van der Waals surface area contributed by atoms with Gasteiger partial charge in [-0.25, -0.2) is 0 Å². The first kappa shape index (κ1) is 12.4. The molecule has 2 nitrogen and oxygen atoms in total. The molecule has 1 fully saturated rings. The van der Waals surface area contributed by atoms with E-state index in [1.54, 1.807) is 0 Å². The van der Waals surface area contributed by atoms with Gasteiger partial charge in [0.2, 0.25) is 0 Å². The van der Waals surface area contributed by atoms with Crippen molar-refractivity contribution >= 4 is 5.69 Å². The van der Waals surface area contributed by atoms with Crippen LogP contribution in [0.15, 0.2) is 18.2 Å². The van der Waals surface area contributed by atoms with Gasteiger partial charge in [0.05, 0.1) is 0 Å². The largest absolute Gasteiger partial charge is 0.384 e. The lowest BCUT2D eigenvalue weighted by molar-refractivity contribution is 0.151. The number of benzene rings is 1. The Morgan fingerprint density at radius 1 is 1.18 bits per heavy atom. The average Bonchev–Trinajstić information content (AvgIpc) is 2.27. The fourth-order valence-electron chi connectivity index (χ4n) is 2.69. The fraction of sp³-hybridized carbons (Fsp3) is 0.600. The van der Waals surface area contributed by atoms with Gasteiger partial charge in [-0.3, -0.25) is 0 Å². The molecule has 94 valence electrons. The van der Waals surface area contributed by atoms with Crippen LogP contribution >= 0.6 is 0 Å². The summed E-state index contributed by atoms with van der Waals surface area (Å²) in [5.74, 6) is 0. The number of nitrogens with one attached hydrogen (secondary N) is 2. The zero-order valence-electron chi connectivity index (χ0n) is 11.3. The molecule has 0 atom stereocenters. The second-order valence-electron chi connectivity index (χ2n) is 5.48. The molecule has 0 heterocycles. The van der Waals surface area contributed by atoms with Crippen molar-refractivity contribution < 1.29 is 0 Å². The van der Waals surface area contributed by atoms with Gasteiger partial charge in [0.15, 0.2) is 0 Å². The molecule has 0 saturated heterocycles. The van der Waals surface area contributed by atoms with Crippen LogP contribution in [0.3, 0.4) is 0 Å². The maximum atomic E-state index is 3.64. The Labute approximate surface area is 105 Å². The Morgan fingerprint density at radius 3 is 2.53 bits per heavy atom. The van der Waals surface area contributed by atoms with Gasteiger partial charge in [-0.05, 0) is 50.9 Å². The number of rotatable bonds is 5. The molecule has 0 aromatic heterocycles. The lowest BCUT2D eigenvalue weighted by Gasteiger charge is -2.42. The molecule has 17 heavy (non-hydrogen) atoms. The number of aryl methyl sites for hydroxylation is 1. The van der Waals surface area contributed by atoms with E-state index in [0.717, 1.165) is 13.1 Å². The van der Waals surface area contributed by atoms with Crippen LogP contribution in [-0.4, -0.2) is 20.1 Å². The third-order valence-corrected chi connectivity index (χ3v) is 4.22. The van der Waals surface area contributed by atoms with E-state index in [-0.39, 0.29) is 0 Å². The molecule has 0 unspecified atom stereocenters. The van der Waals surface area contributed by atoms with Gasteiger partial charge in [-0.1, -0.05) is 18.6 Å². The van der Waals surface area contributed by atoms with E-state index in [4.69, 9.17) is 0 Å². The van der Waals surface area contributed by atoms with Crippen molar-refractivity contribution in [3.05, 3.63) is 29.3 Å². The van der Waals surface area contributed by atoms with Crippen molar-refractivity contribution in [2.45, 2.75) is 33.1 Å². The molecule has 2 N–H and O–H groups in total. The van der Waals surface area contributed by atoms with Gasteiger partial charge >= 0.3 is 0 Å². The van der Waals surface area contributed by atoms with E-state index in [9.17, 15) is 0 Å². The van der Waals surface area contributed by atoms with Crippen molar-refractivity contribution in [1.29, 1.82) is 0 Å². The molecule has 1 aliphatic rings. The Morgan fingerprint density at radius 2 is 1.94 bits per heavy atom. The molecule has 2 rings (SSSR count). The summed E-state index contributed by atoms with van der Waals surface area (Å²) in [4.78, 5) is 0. The Hall–Kier alpha value is -1.02. The van der Waals surface area contributed by atoms with Crippen LogP contribution in [0, 0.1) is 19.3 Å². The molecule has 0 spiro atoms. The lowest BCUT2D eigenvalue weighted by atomic mass is 9.68. The summed E-state index contributed by atoms with van der Waals surface area (Å²) in [5.41, 5.74) is 4.54. The molecule has 2 heteroatoms. The van der Waals surface area contributed by atoms with Crippen LogP contribution in [0.5, 0.6) is 0 Å². The third-order valence-electron chi connectivity index (χ3n) is 4.22. The zero-order chi connectivity index (χ0) is 12.3. The van der Waals surface area contributed by atoms with E-state index in [2.05, 4.69) is 49.7 Å². The van der Waals surface area contributed by atoms with Crippen molar-refractivity contribution in [3.63, 3.8) is 0 Å². The van der Waals surface area contributed by atoms with Gasteiger partial charge in [0.1, 0.15) is 0 Å². The first-order valence-corrected chi connectivity index (χ1v) is 6.62. The van der Waals surface area contributed by atoms with Crippen molar-refractivity contribution in [2.24, 2.45) is 5.41 Å². The van der Waals surface area contributed by atoms with Crippen LogP contribution in [0.4, 0.5) is 5.69 Å². The monoisotopic (exact) mass is 232 g/mol. The highest BCUT2D eigenvalue weighted by Crippen LogP contribution is 2.40. The summed E-state index contributed by atoms with van der Waals surface area (Å²) >= 11 is 0. The summed E-state index contributed by atoms with van der Waals surface area (Å²) in [6, 6.07) is 6.50. The molecule has 1 saturated carbocycles. The summed E-state index contributed by atoms with van der Waals surface area (Å²) in [5, 5.41) is 6.97. The molecule has 0 aliphatic heterocycles. The molecule has 1 aromatic carbocycles. The second-order valence-corrected chi connectivity index (χ2v) is 5.48. The third kappa shape index (κ3) is 2.63. The van der Waals surface area contributed by atoms with Gasteiger partial charge in [-0.15, -0.1) is 0 Å². The topological polar surface area (TPSA) is 24.1 Å². The second kappa shape index (κ2) is 5.09. The van der Waals surface area contributed by atoms with Gasteiger partial charge < -0.3 is 10.6 Å². The normalized spacial score (nSPS) is 17.6.